The van der Waals surface area contributed by atoms with Crippen LogP contribution in [0.1, 0.15) is 26.6 Å². The van der Waals surface area contributed by atoms with Gasteiger partial charge in [-0.2, -0.15) is 5.10 Å². The van der Waals surface area contributed by atoms with Crippen LogP contribution < -0.4 is 0 Å². The van der Waals surface area contributed by atoms with Gasteiger partial charge in [-0.15, -0.1) is 11.3 Å². The van der Waals surface area contributed by atoms with E-state index >= 15 is 0 Å². The van der Waals surface area contributed by atoms with E-state index < -0.39 is 0 Å². The van der Waals surface area contributed by atoms with Gasteiger partial charge < -0.3 is 4.90 Å². The molecule has 3 heterocycles. The SMILES string of the molecule is Cc1cc(C)n2ncc(C(=O)N(C)Cc3ccc(Br)s3)c2n1. The molecule has 3 aromatic heterocycles. The lowest BCUT2D eigenvalue weighted by atomic mass is 10.2. The molecule has 3 aromatic rings. The number of carbonyl (C=O) groups is 1. The van der Waals surface area contributed by atoms with Crippen molar-refractivity contribution in [2.45, 2.75) is 20.4 Å². The van der Waals surface area contributed by atoms with Gasteiger partial charge in [0, 0.05) is 23.3 Å². The average Bonchev–Trinajstić information content (AvgIpc) is 3.04. The highest BCUT2D eigenvalue weighted by Crippen LogP contribution is 2.23. The minimum absolute atomic E-state index is 0.0722. The van der Waals surface area contributed by atoms with Crippen molar-refractivity contribution in [1.82, 2.24) is 19.5 Å². The van der Waals surface area contributed by atoms with Gasteiger partial charge in [-0.3, -0.25) is 4.79 Å². The zero-order chi connectivity index (χ0) is 15.9. The second-order valence-corrected chi connectivity index (χ2v) is 7.75. The molecule has 0 saturated heterocycles. The number of halogens is 1. The number of hydrogen-bond donors (Lipinski definition) is 0. The van der Waals surface area contributed by atoms with E-state index in [1.165, 1.54) is 0 Å². The van der Waals surface area contributed by atoms with E-state index in [1.807, 2.05) is 32.0 Å². The first kappa shape index (κ1) is 15.2. The molecule has 0 fully saturated rings. The van der Waals surface area contributed by atoms with E-state index in [-0.39, 0.29) is 5.91 Å². The number of hydrogen-bond acceptors (Lipinski definition) is 4. The van der Waals surface area contributed by atoms with Gasteiger partial charge in [0.15, 0.2) is 5.65 Å². The van der Waals surface area contributed by atoms with Crippen molar-refractivity contribution in [2.24, 2.45) is 0 Å². The third kappa shape index (κ3) is 2.78. The molecule has 0 aliphatic rings. The van der Waals surface area contributed by atoms with Gasteiger partial charge in [-0.25, -0.2) is 9.50 Å². The van der Waals surface area contributed by atoms with Crippen LogP contribution in [0.15, 0.2) is 28.2 Å². The number of fused-ring (bicyclic) bond motifs is 1. The van der Waals surface area contributed by atoms with E-state index in [4.69, 9.17) is 0 Å². The van der Waals surface area contributed by atoms with Crippen LogP contribution in [0.2, 0.25) is 0 Å². The predicted molar refractivity (Wildman–Crippen MR) is 90.3 cm³/mol. The summed E-state index contributed by atoms with van der Waals surface area (Å²) in [4.78, 5) is 20.0. The van der Waals surface area contributed by atoms with Gasteiger partial charge in [0.25, 0.3) is 5.91 Å². The summed E-state index contributed by atoms with van der Waals surface area (Å²) in [7, 11) is 1.79. The average molecular weight is 379 g/mol. The maximum absolute atomic E-state index is 12.7. The number of rotatable bonds is 3. The zero-order valence-electron chi connectivity index (χ0n) is 12.5. The second-order valence-electron chi connectivity index (χ2n) is 5.20. The molecule has 0 aromatic carbocycles. The Labute approximate surface area is 140 Å². The summed E-state index contributed by atoms with van der Waals surface area (Å²) in [5, 5.41) is 4.28. The molecular weight excluding hydrogens is 364 g/mol. The zero-order valence-corrected chi connectivity index (χ0v) is 14.9. The Morgan fingerprint density at radius 3 is 2.86 bits per heavy atom. The third-order valence-corrected chi connectivity index (χ3v) is 4.99. The predicted octanol–water partition coefficient (Wildman–Crippen LogP) is 3.44. The fourth-order valence-electron chi connectivity index (χ4n) is 2.37. The Bertz CT molecular complexity index is 854. The highest BCUT2D eigenvalue weighted by Gasteiger charge is 2.19. The molecule has 7 heteroatoms. The van der Waals surface area contributed by atoms with E-state index in [2.05, 4.69) is 26.0 Å². The van der Waals surface area contributed by atoms with Gasteiger partial charge in [0.2, 0.25) is 0 Å². The monoisotopic (exact) mass is 378 g/mol. The van der Waals surface area contributed by atoms with Crippen molar-refractivity contribution in [2.75, 3.05) is 7.05 Å². The number of carbonyl (C=O) groups excluding carboxylic acids is 1. The molecule has 0 spiro atoms. The van der Waals surface area contributed by atoms with Crippen molar-refractivity contribution in [3.05, 3.63) is 50.0 Å². The standard InChI is InChI=1S/C15H15BrN4OS/c1-9-6-10(2)20-14(18-9)12(7-17-20)15(21)19(3)8-11-4-5-13(16)22-11/h4-7H,8H2,1-3H3. The summed E-state index contributed by atoms with van der Waals surface area (Å²) in [6.45, 7) is 4.44. The summed E-state index contributed by atoms with van der Waals surface area (Å²) >= 11 is 5.06. The van der Waals surface area contributed by atoms with Gasteiger partial charge >= 0.3 is 0 Å². The lowest BCUT2D eigenvalue weighted by Gasteiger charge is -2.15. The summed E-state index contributed by atoms with van der Waals surface area (Å²) in [6, 6.07) is 5.95. The summed E-state index contributed by atoms with van der Waals surface area (Å²) in [5.41, 5.74) is 2.99. The summed E-state index contributed by atoms with van der Waals surface area (Å²) in [6.07, 6.45) is 1.60. The molecule has 0 saturated carbocycles. The van der Waals surface area contributed by atoms with Crippen molar-refractivity contribution in [3.63, 3.8) is 0 Å². The minimum Gasteiger partial charge on any atom is -0.336 e. The fourth-order valence-corrected chi connectivity index (χ4v) is 3.91. The molecule has 0 unspecified atom stereocenters. The van der Waals surface area contributed by atoms with E-state index in [1.54, 1.807) is 34.0 Å². The van der Waals surface area contributed by atoms with Gasteiger partial charge in [-0.1, -0.05) is 0 Å². The smallest absolute Gasteiger partial charge is 0.259 e. The molecular formula is C15H15BrN4OS. The Morgan fingerprint density at radius 1 is 1.41 bits per heavy atom. The third-order valence-electron chi connectivity index (χ3n) is 3.38. The van der Waals surface area contributed by atoms with Gasteiger partial charge in [-0.05, 0) is 48.0 Å². The normalized spacial score (nSPS) is 11.1. The summed E-state index contributed by atoms with van der Waals surface area (Å²) in [5.74, 6) is -0.0722. The molecule has 0 radical (unpaired) electrons. The Balaban J connectivity index is 1.91. The molecule has 0 aliphatic carbocycles. The quantitative estimate of drug-likeness (QED) is 0.701. The molecule has 22 heavy (non-hydrogen) atoms. The van der Waals surface area contributed by atoms with Crippen molar-refractivity contribution in [1.29, 1.82) is 0 Å². The lowest BCUT2D eigenvalue weighted by molar-refractivity contribution is 0.0788. The van der Waals surface area contributed by atoms with Crippen molar-refractivity contribution in [3.8, 4) is 0 Å². The number of aryl methyl sites for hydroxylation is 2. The Morgan fingerprint density at radius 2 is 2.18 bits per heavy atom. The first-order valence-electron chi connectivity index (χ1n) is 6.77. The number of nitrogens with zero attached hydrogens (tertiary/aromatic N) is 4. The molecule has 5 nitrogen and oxygen atoms in total. The van der Waals surface area contributed by atoms with Gasteiger partial charge in [0.05, 0.1) is 16.5 Å². The Kier molecular flexibility index (Phi) is 4.01. The molecule has 0 aliphatic heterocycles. The highest BCUT2D eigenvalue weighted by atomic mass is 79.9. The van der Waals surface area contributed by atoms with E-state index in [0.717, 1.165) is 20.1 Å². The van der Waals surface area contributed by atoms with Crippen LogP contribution in [0.4, 0.5) is 0 Å². The van der Waals surface area contributed by atoms with Crippen molar-refractivity contribution >= 4 is 38.8 Å². The second kappa shape index (κ2) is 5.81. The van der Waals surface area contributed by atoms with Crippen molar-refractivity contribution < 1.29 is 4.79 Å². The van der Waals surface area contributed by atoms with Crippen LogP contribution in [0, 0.1) is 13.8 Å². The first-order chi connectivity index (χ1) is 10.5. The number of aromatic nitrogens is 3. The van der Waals surface area contributed by atoms with Crippen LogP contribution in [-0.4, -0.2) is 32.5 Å². The topological polar surface area (TPSA) is 50.5 Å². The molecule has 114 valence electrons. The molecule has 3 rings (SSSR count). The Hall–Kier alpha value is -1.73. The maximum atomic E-state index is 12.7. The van der Waals surface area contributed by atoms with Crippen LogP contribution in [0.3, 0.4) is 0 Å². The minimum atomic E-state index is -0.0722. The molecule has 0 atom stereocenters. The maximum Gasteiger partial charge on any atom is 0.259 e. The number of amides is 1. The molecule has 1 amide bonds. The lowest BCUT2D eigenvalue weighted by Crippen LogP contribution is -2.25. The largest absolute Gasteiger partial charge is 0.336 e. The number of thiophene rings is 1. The summed E-state index contributed by atoms with van der Waals surface area (Å²) < 4.78 is 2.77. The molecule has 0 bridgehead atoms. The van der Waals surface area contributed by atoms with Crippen LogP contribution in [0.5, 0.6) is 0 Å². The highest BCUT2D eigenvalue weighted by molar-refractivity contribution is 9.11. The fraction of sp³-hybridized carbons (Fsp3) is 0.267. The van der Waals surface area contributed by atoms with Crippen LogP contribution >= 0.6 is 27.3 Å². The van der Waals surface area contributed by atoms with E-state index in [0.29, 0.717) is 17.8 Å². The first-order valence-corrected chi connectivity index (χ1v) is 8.38. The van der Waals surface area contributed by atoms with E-state index in [9.17, 15) is 4.79 Å². The van der Waals surface area contributed by atoms with Crippen LogP contribution in [-0.2, 0) is 6.54 Å². The van der Waals surface area contributed by atoms with Crippen LogP contribution in [0.25, 0.3) is 5.65 Å². The van der Waals surface area contributed by atoms with Gasteiger partial charge in [0.1, 0.15) is 5.56 Å². The molecule has 0 N–H and O–H groups in total.